The minimum Gasteiger partial charge on any atom is -0.376 e. The third kappa shape index (κ3) is 5.42. The Morgan fingerprint density at radius 3 is 2.66 bits per heavy atom. The zero-order chi connectivity index (χ0) is 22.6. The Balaban J connectivity index is 1.52. The minimum atomic E-state index is -3.76. The van der Waals surface area contributed by atoms with Crippen molar-refractivity contribution in [3.8, 4) is 0 Å². The Kier molecular flexibility index (Phi) is 7.00. The summed E-state index contributed by atoms with van der Waals surface area (Å²) in [5, 5.41) is 1.68. The number of carbonyl (C=O) groups is 1. The van der Waals surface area contributed by atoms with E-state index in [1.807, 2.05) is 54.6 Å². The van der Waals surface area contributed by atoms with E-state index in [4.69, 9.17) is 4.74 Å². The van der Waals surface area contributed by atoms with Crippen molar-refractivity contribution in [1.82, 2.24) is 9.29 Å². The first-order valence-corrected chi connectivity index (χ1v) is 12.7. The molecular weight excluding hydrogens is 446 g/mol. The van der Waals surface area contributed by atoms with Crippen molar-refractivity contribution in [3.63, 3.8) is 0 Å². The molecule has 3 aromatic rings. The number of rotatable bonds is 8. The number of aromatic nitrogens is 1. The lowest BCUT2D eigenvalue weighted by Gasteiger charge is -2.25. The second kappa shape index (κ2) is 9.91. The van der Waals surface area contributed by atoms with Crippen LogP contribution in [-0.2, 0) is 19.6 Å². The molecule has 0 aliphatic carbocycles. The van der Waals surface area contributed by atoms with Gasteiger partial charge < -0.3 is 4.74 Å². The summed E-state index contributed by atoms with van der Waals surface area (Å²) in [6, 6.07) is 16.8. The third-order valence-corrected chi connectivity index (χ3v) is 7.79. The van der Waals surface area contributed by atoms with E-state index >= 15 is 0 Å². The Morgan fingerprint density at radius 1 is 1.19 bits per heavy atom. The van der Waals surface area contributed by atoms with Gasteiger partial charge in [0.05, 0.1) is 29.4 Å². The van der Waals surface area contributed by atoms with Crippen molar-refractivity contribution in [3.05, 3.63) is 65.6 Å². The molecular formula is C23H25N3O4S2. The highest BCUT2D eigenvalue weighted by molar-refractivity contribution is 7.92. The monoisotopic (exact) mass is 471 g/mol. The van der Waals surface area contributed by atoms with Gasteiger partial charge in [-0.15, -0.1) is 0 Å². The van der Waals surface area contributed by atoms with Gasteiger partial charge in [-0.05, 0) is 36.6 Å². The topological polar surface area (TPSA) is 79.8 Å². The standard InChI is InChI=1S/C23H25N3O4S2/c1-25(32(28,29)15-13-18-8-3-2-4-9-18)17-22(27)26(16-19-10-7-14-30-19)23-24-20-11-5-6-12-21(20)31-23/h2-6,8-9,11-13,15,19H,7,10,14,16-17H2,1H3. The molecule has 0 radical (unpaired) electrons. The molecule has 7 nitrogen and oxygen atoms in total. The largest absolute Gasteiger partial charge is 0.376 e. The van der Waals surface area contributed by atoms with E-state index in [1.54, 1.807) is 4.90 Å². The number of benzene rings is 2. The summed E-state index contributed by atoms with van der Waals surface area (Å²) in [5.74, 6) is -0.334. The highest BCUT2D eigenvalue weighted by Crippen LogP contribution is 2.30. The molecule has 9 heteroatoms. The lowest BCUT2D eigenvalue weighted by atomic mass is 10.2. The van der Waals surface area contributed by atoms with Crippen LogP contribution in [0.25, 0.3) is 16.3 Å². The van der Waals surface area contributed by atoms with Gasteiger partial charge in [-0.1, -0.05) is 53.8 Å². The van der Waals surface area contributed by atoms with Crippen LogP contribution < -0.4 is 4.90 Å². The van der Waals surface area contributed by atoms with Gasteiger partial charge in [0.1, 0.15) is 0 Å². The molecule has 0 N–H and O–H groups in total. The van der Waals surface area contributed by atoms with E-state index in [-0.39, 0.29) is 18.6 Å². The number of hydrogen-bond donors (Lipinski definition) is 0. The number of hydrogen-bond acceptors (Lipinski definition) is 6. The van der Waals surface area contributed by atoms with Gasteiger partial charge >= 0.3 is 0 Å². The fraction of sp³-hybridized carbons (Fsp3) is 0.304. The highest BCUT2D eigenvalue weighted by Gasteiger charge is 2.28. The second-order valence-corrected chi connectivity index (χ2v) is 10.6. The van der Waals surface area contributed by atoms with Gasteiger partial charge in [-0.2, -0.15) is 4.31 Å². The molecule has 4 rings (SSSR count). The van der Waals surface area contributed by atoms with Crippen LogP contribution in [0.3, 0.4) is 0 Å². The predicted octanol–water partition coefficient (Wildman–Crippen LogP) is 3.74. The molecule has 1 aromatic heterocycles. The number of nitrogens with zero attached hydrogens (tertiary/aromatic N) is 3. The molecule has 1 atom stereocenters. The zero-order valence-corrected chi connectivity index (χ0v) is 19.4. The Labute approximate surface area is 192 Å². The SMILES string of the molecule is CN(CC(=O)N(CC1CCCO1)c1nc2ccccc2s1)S(=O)(=O)C=Cc1ccccc1. The summed E-state index contributed by atoms with van der Waals surface area (Å²) >= 11 is 1.42. The molecule has 1 fully saturated rings. The van der Waals surface area contributed by atoms with Crippen LogP contribution in [0, 0.1) is 0 Å². The number of sulfonamides is 1. The Hall–Kier alpha value is -2.59. The van der Waals surface area contributed by atoms with Crippen LogP contribution in [0.2, 0.25) is 0 Å². The molecule has 0 spiro atoms. The lowest BCUT2D eigenvalue weighted by molar-refractivity contribution is -0.119. The minimum absolute atomic E-state index is 0.0779. The number of ether oxygens (including phenoxy) is 1. The van der Waals surface area contributed by atoms with Crippen LogP contribution in [0.1, 0.15) is 18.4 Å². The molecule has 1 amide bonds. The van der Waals surface area contributed by atoms with E-state index in [2.05, 4.69) is 4.98 Å². The molecule has 1 unspecified atom stereocenters. The average molecular weight is 472 g/mol. The smallest absolute Gasteiger partial charge is 0.244 e. The normalized spacial score (nSPS) is 16.9. The Bertz CT molecular complexity index is 1170. The van der Waals surface area contributed by atoms with Gasteiger partial charge in [0.25, 0.3) is 0 Å². The van der Waals surface area contributed by atoms with Gasteiger partial charge in [0.15, 0.2) is 5.13 Å². The fourth-order valence-corrected chi connectivity index (χ4v) is 5.27. The molecule has 0 bridgehead atoms. The molecule has 0 saturated carbocycles. The van der Waals surface area contributed by atoms with Crippen LogP contribution in [-0.4, -0.2) is 56.5 Å². The van der Waals surface area contributed by atoms with Crippen LogP contribution >= 0.6 is 11.3 Å². The van der Waals surface area contributed by atoms with Crippen molar-refractivity contribution in [2.45, 2.75) is 18.9 Å². The number of amides is 1. The van der Waals surface area contributed by atoms with Crippen LogP contribution in [0.15, 0.2) is 60.0 Å². The summed E-state index contributed by atoms with van der Waals surface area (Å²) in [6.45, 7) is 0.738. The third-order valence-electron chi connectivity index (χ3n) is 5.25. The molecule has 32 heavy (non-hydrogen) atoms. The summed E-state index contributed by atoms with van der Waals surface area (Å²) in [6.07, 6.45) is 3.26. The van der Waals surface area contributed by atoms with Crippen molar-refractivity contribution in [1.29, 1.82) is 0 Å². The Morgan fingerprint density at radius 2 is 1.94 bits per heavy atom. The van der Waals surface area contributed by atoms with Crippen LogP contribution in [0.4, 0.5) is 5.13 Å². The van der Waals surface area contributed by atoms with Crippen molar-refractivity contribution in [2.24, 2.45) is 0 Å². The van der Waals surface area contributed by atoms with E-state index in [0.29, 0.717) is 18.3 Å². The molecule has 168 valence electrons. The van der Waals surface area contributed by atoms with E-state index in [9.17, 15) is 13.2 Å². The van der Waals surface area contributed by atoms with E-state index < -0.39 is 10.0 Å². The van der Waals surface area contributed by atoms with E-state index in [0.717, 1.165) is 38.3 Å². The number of thiazole rings is 1. The van der Waals surface area contributed by atoms with Gasteiger partial charge in [-0.25, -0.2) is 13.4 Å². The van der Waals surface area contributed by atoms with E-state index in [1.165, 1.54) is 24.5 Å². The predicted molar refractivity (Wildman–Crippen MR) is 128 cm³/mol. The maximum Gasteiger partial charge on any atom is 0.244 e. The molecule has 1 aliphatic rings. The first-order valence-electron chi connectivity index (χ1n) is 10.4. The van der Waals surface area contributed by atoms with Crippen molar-refractivity contribution >= 4 is 48.7 Å². The molecule has 1 saturated heterocycles. The zero-order valence-electron chi connectivity index (χ0n) is 17.8. The highest BCUT2D eigenvalue weighted by atomic mass is 32.2. The molecule has 1 aliphatic heterocycles. The second-order valence-electron chi connectivity index (χ2n) is 7.62. The summed E-state index contributed by atoms with van der Waals surface area (Å²) < 4.78 is 33.2. The summed E-state index contributed by atoms with van der Waals surface area (Å²) in [4.78, 5) is 19.4. The molecule has 2 heterocycles. The van der Waals surface area contributed by atoms with Crippen molar-refractivity contribution < 1.29 is 17.9 Å². The first-order chi connectivity index (χ1) is 15.4. The lowest BCUT2D eigenvalue weighted by Crippen LogP contribution is -2.44. The van der Waals surface area contributed by atoms with Gasteiger partial charge in [-0.3, -0.25) is 9.69 Å². The molecule has 2 aromatic carbocycles. The number of carbonyl (C=O) groups excluding carboxylic acids is 1. The van der Waals surface area contributed by atoms with Gasteiger partial charge in [0.2, 0.25) is 15.9 Å². The maximum absolute atomic E-state index is 13.2. The quantitative estimate of drug-likeness (QED) is 0.500. The number of anilines is 1. The number of likely N-dealkylation sites (N-methyl/N-ethyl adjacent to an activating group) is 1. The maximum atomic E-state index is 13.2. The summed E-state index contributed by atoms with van der Waals surface area (Å²) in [7, 11) is -2.36. The first kappa shape index (κ1) is 22.6. The van der Waals surface area contributed by atoms with Crippen LogP contribution in [0.5, 0.6) is 0 Å². The number of fused-ring (bicyclic) bond motifs is 1. The number of para-hydroxylation sites is 1. The summed E-state index contributed by atoms with van der Waals surface area (Å²) in [5.41, 5.74) is 1.58. The average Bonchev–Trinajstić information content (AvgIpc) is 3.46. The van der Waals surface area contributed by atoms with Crippen molar-refractivity contribution in [2.75, 3.05) is 31.6 Å². The fourth-order valence-electron chi connectivity index (χ4n) is 3.45. The van der Waals surface area contributed by atoms with Gasteiger partial charge in [0, 0.05) is 19.1 Å².